The fraction of sp³-hybridized carbons (Fsp3) is 0.458. The summed E-state index contributed by atoms with van der Waals surface area (Å²) in [6.07, 6.45) is 5.36. The first kappa shape index (κ1) is 24.3. The normalized spacial score (nSPS) is 17.3. The number of aromatic nitrogens is 1. The van der Waals surface area contributed by atoms with Crippen LogP contribution in [0.4, 0.5) is 0 Å². The van der Waals surface area contributed by atoms with E-state index in [0.717, 1.165) is 53.6 Å². The number of benzene rings is 1. The van der Waals surface area contributed by atoms with Crippen molar-refractivity contribution in [3.05, 3.63) is 35.4 Å². The highest BCUT2D eigenvalue weighted by molar-refractivity contribution is 7.98. The molecule has 1 aromatic heterocycles. The molecule has 0 bridgehead atoms. The number of thioether (sulfide) groups is 1. The summed E-state index contributed by atoms with van der Waals surface area (Å²) in [4.78, 5) is 44.2. The molecule has 3 heterocycles. The average Bonchev–Trinajstić information content (AvgIpc) is 3.36. The monoisotopic (exact) mass is 485 g/mol. The summed E-state index contributed by atoms with van der Waals surface area (Å²) in [6, 6.07) is 3.80. The topological polar surface area (TPSA) is 109 Å². The molecule has 0 unspecified atom stereocenters. The molecule has 4 rings (SSSR count). The molecule has 10 heteroatoms. The molecular formula is C24H31N5O4S. The Labute approximate surface area is 203 Å². The molecule has 0 spiro atoms. The van der Waals surface area contributed by atoms with Crippen LogP contribution in [0.2, 0.25) is 0 Å². The smallest absolute Gasteiger partial charge is 0.254 e. The third-order valence-corrected chi connectivity index (χ3v) is 7.24. The summed E-state index contributed by atoms with van der Waals surface area (Å²) in [7, 11) is 0. The number of imide groups is 1. The lowest BCUT2D eigenvalue weighted by Gasteiger charge is -2.34. The van der Waals surface area contributed by atoms with Gasteiger partial charge in [0.05, 0.1) is 10.5 Å². The van der Waals surface area contributed by atoms with Gasteiger partial charge in [-0.3, -0.25) is 29.1 Å². The molecular weight excluding hydrogens is 454 g/mol. The number of aromatic hydroxyl groups is 1. The summed E-state index contributed by atoms with van der Waals surface area (Å²) < 4.78 is 0. The minimum absolute atomic E-state index is 0.246. The molecule has 1 saturated heterocycles. The van der Waals surface area contributed by atoms with E-state index in [1.807, 2.05) is 6.07 Å². The highest BCUT2D eigenvalue weighted by atomic mass is 32.2. The highest BCUT2D eigenvalue weighted by Gasteiger charge is 2.26. The molecule has 0 radical (unpaired) electrons. The quantitative estimate of drug-likeness (QED) is 0.363. The van der Waals surface area contributed by atoms with Crippen molar-refractivity contribution < 1.29 is 19.5 Å². The predicted molar refractivity (Wildman–Crippen MR) is 132 cm³/mol. The van der Waals surface area contributed by atoms with Crippen molar-refractivity contribution in [2.75, 3.05) is 52.1 Å². The molecule has 3 amide bonds. The average molecular weight is 486 g/mol. The number of carbonyl (C=O) groups excluding carboxylic acids is 3. The van der Waals surface area contributed by atoms with Gasteiger partial charge in [0.1, 0.15) is 12.3 Å². The van der Waals surface area contributed by atoms with Crippen LogP contribution in [0.15, 0.2) is 29.3 Å². The van der Waals surface area contributed by atoms with E-state index in [2.05, 4.69) is 33.3 Å². The van der Waals surface area contributed by atoms with E-state index < -0.39 is 11.8 Å². The van der Waals surface area contributed by atoms with Crippen LogP contribution in [0.5, 0.6) is 5.75 Å². The maximum absolute atomic E-state index is 12.1. The van der Waals surface area contributed by atoms with Crippen LogP contribution in [-0.4, -0.2) is 94.6 Å². The molecule has 9 nitrogen and oxygen atoms in total. The number of nitrogens with zero attached hydrogens (tertiary/aromatic N) is 3. The SMILES string of the molecule is CCc1c(SC)[nH]c2c(CN3CCN(CCNC(=O)CN4C(=O)C=CC4=O)CC3)c(O)ccc12. The molecule has 1 aromatic carbocycles. The first-order valence-corrected chi connectivity index (χ1v) is 12.8. The number of hydrogen-bond acceptors (Lipinski definition) is 7. The standard InChI is InChI=1S/C24H31N5O4S/c1-3-16-17-4-5-19(30)18(23(17)26-24(16)34-2)14-28-12-10-27(11-13-28)9-8-25-20(31)15-29-21(32)6-7-22(29)33/h4-7,26,30H,3,8-15H2,1-2H3,(H,25,31). The van der Waals surface area contributed by atoms with Crippen LogP contribution in [0.25, 0.3) is 10.9 Å². The summed E-state index contributed by atoms with van der Waals surface area (Å²) in [5.41, 5.74) is 3.26. The van der Waals surface area contributed by atoms with Gasteiger partial charge in [-0.2, -0.15) is 0 Å². The van der Waals surface area contributed by atoms with Crippen molar-refractivity contribution in [2.45, 2.75) is 24.9 Å². The van der Waals surface area contributed by atoms with E-state index in [1.165, 1.54) is 23.1 Å². The van der Waals surface area contributed by atoms with Crippen molar-refractivity contribution in [2.24, 2.45) is 0 Å². The van der Waals surface area contributed by atoms with E-state index in [-0.39, 0.29) is 12.5 Å². The van der Waals surface area contributed by atoms with Crippen molar-refractivity contribution in [3.8, 4) is 5.75 Å². The second-order valence-corrected chi connectivity index (χ2v) is 9.36. The lowest BCUT2D eigenvalue weighted by Crippen LogP contribution is -2.48. The Hall–Kier alpha value is -2.82. The van der Waals surface area contributed by atoms with Crippen LogP contribution >= 0.6 is 11.8 Å². The number of aromatic amines is 1. The number of hydrogen-bond donors (Lipinski definition) is 3. The van der Waals surface area contributed by atoms with Crippen LogP contribution in [0.1, 0.15) is 18.1 Å². The van der Waals surface area contributed by atoms with Crippen LogP contribution in [-0.2, 0) is 27.3 Å². The van der Waals surface area contributed by atoms with Crippen molar-refractivity contribution in [3.63, 3.8) is 0 Å². The number of phenols is 1. The third-order valence-electron chi connectivity index (χ3n) is 6.48. The number of piperazine rings is 1. The first-order chi connectivity index (χ1) is 16.4. The lowest BCUT2D eigenvalue weighted by molar-refractivity contribution is -0.141. The van der Waals surface area contributed by atoms with Gasteiger partial charge in [-0.25, -0.2) is 0 Å². The van der Waals surface area contributed by atoms with E-state index >= 15 is 0 Å². The Kier molecular flexibility index (Phi) is 7.60. The number of carbonyl (C=O) groups is 3. The van der Waals surface area contributed by atoms with Crippen LogP contribution in [0.3, 0.4) is 0 Å². The Bertz CT molecular complexity index is 1100. The number of amides is 3. The Balaban J connectivity index is 1.26. The highest BCUT2D eigenvalue weighted by Crippen LogP contribution is 2.35. The molecule has 34 heavy (non-hydrogen) atoms. The molecule has 2 aliphatic heterocycles. The van der Waals surface area contributed by atoms with Gasteiger partial charge in [0.2, 0.25) is 5.91 Å². The summed E-state index contributed by atoms with van der Waals surface area (Å²) in [5.74, 6) is -0.921. The van der Waals surface area contributed by atoms with E-state index in [0.29, 0.717) is 25.4 Å². The van der Waals surface area contributed by atoms with Gasteiger partial charge in [0, 0.05) is 68.9 Å². The number of fused-ring (bicyclic) bond motifs is 1. The molecule has 2 aliphatic rings. The fourth-order valence-electron chi connectivity index (χ4n) is 4.56. The number of rotatable bonds is 9. The Morgan fingerprint density at radius 3 is 2.41 bits per heavy atom. The molecule has 3 N–H and O–H groups in total. The van der Waals surface area contributed by atoms with Crippen molar-refractivity contribution in [1.82, 2.24) is 25.0 Å². The maximum atomic E-state index is 12.1. The number of nitrogens with one attached hydrogen (secondary N) is 2. The number of H-pyrrole nitrogens is 1. The van der Waals surface area contributed by atoms with Gasteiger partial charge in [-0.15, -0.1) is 11.8 Å². The maximum Gasteiger partial charge on any atom is 0.254 e. The zero-order chi connectivity index (χ0) is 24.2. The third kappa shape index (κ3) is 5.13. The summed E-state index contributed by atoms with van der Waals surface area (Å²) in [5, 5.41) is 15.7. The molecule has 2 aromatic rings. The number of phenolic OH excluding ortho intramolecular Hbond substituents is 1. The second-order valence-electron chi connectivity index (χ2n) is 8.54. The van der Waals surface area contributed by atoms with Crippen LogP contribution < -0.4 is 5.32 Å². The molecule has 0 atom stereocenters. The zero-order valence-electron chi connectivity index (χ0n) is 19.6. The lowest BCUT2D eigenvalue weighted by atomic mass is 10.1. The molecule has 182 valence electrons. The van der Waals surface area contributed by atoms with Gasteiger partial charge in [0.15, 0.2) is 0 Å². The van der Waals surface area contributed by atoms with Gasteiger partial charge in [-0.1, -0.05) is 6.92 Å². The number of aryl methyl sites for hydroxylation is 1. The fourth-order valence-corrected chi connectivity index (χ4v) is 5.27. The first-order valence-electron chi connectivity index (χ1n) is 11.6. The van der Waals surface area contributed by atoms with Crippen molar-refractivity contribution in [1.29, 1.82) is 0 Å². The van der Waals surface area contributed by atoms with E-state index in [1.54, 1.807) is 17.8 Å². The second kappa shape index (κ2) is 10.6. The van der Waals surface area contributed by atoms with Gasteiger partial charge in [0.25, 0.3) is 11.8 Å². The predicted octanol–water partition coefficient (Wildman–Crippen LogP) is 1.32. The molecule has 1 fully saturated rings. The summed E-state index contributed by atoms with van der Waals surface area (Å²) >= 11 is 1.70. The Morgan fingerprint density at radius 2 is 1.76 bits per heavy atom. The van der Waals surface area contributed by atoms with Crippen molar-refractivity contribution >= 4 is 40.4 Å². The van der Waals surface area contributed by atoms with Gasteiger partial charge in [-0.05, 0) is 30.4 Å². The van der Waals surface area contributed by atoms with Gasteiger partial charge >= 0.3 is 0 Å². The summed E-state index contributed by atoms with van der Waals surface area (Å²) in [6.45, 7) is 7.20. The zero-order valence-corrected chi connectivity index (χ0v) is 20.4. The van der Waals surface area contributed by atoms with Gasteiger partial charge < -0.3 is 15.4 Å². The van der Waals surface area contributed by atoms with E-state index in [4.69, 9.17) is 0 Å². The minimum atomic E-state index is -0.451. The minimum Gasteiger partial charge on any atom is -0.508 e. The largest absolute Gasteiger partial charge is 0.508 e. The molecule has 0 saturated carbocycles. The van der Waals surface area contributed by atoms with Crippen LogP contribution in [0, 0.1) is 0 Å². The van der Waals surface area contributed by atoms with E-state index in [9.17, 15) is 19.5 Å². The Morgan fingerprint density at radius 1 is 1.09 bits per heavy atom. The molecule has 0 aliphatic carbocycles.